The van der Waals surface area contributed by atoms with Crippen LogP contribution in [0.3, 0.4) is 0 Å². The zero-order valence-electron chi connectivity index (χ0n) is 6.29. The molecule has 0 aliphatic heterocycles. The summed E-state index contributed by atoms with van der Waals surface area (Å²) in [5.41, 5.74) is 0. The SMILES string of the molecule is C1=CC/C=C/CCC=CC1. The van der Waals surface area contributed by atoms with Gasteiger partial charge in [-0.05, 0) is 25.7 Å². The maximum atomic E-state index is 2.25. The van der Waals surface area contributed by atoms with Gasteiger partial charge in [0.1, 0.15) is 0 Å². The van der Waals surface area contributed by atoms with Crippen molar-refractivity contribution in [2.75, 3.05) is 0 Å². The predicted octanol–water partition coefficient (Wildman–Crippen LogP) is 3.23. The summed E-state index contributed by atoms with van der Waals surface area (Å²) >= 11 is 0. The van der Waals surface area contributed by atoms with Crippen molar-refractivity contribution in [3.63, 3.8) is 0 Å². The molecule has 0 N–H and O–H groups in total. The van der Waals surface area contributed by atoms with Gasteiger partial charge in [0.05, 0.1) is 0 Å². The molecule has 0 saturated carbocycles. The first-order valence-corrected chi connectivity index (χ1v) is 3.95. The van der Waals surface area contributed by atoms with Gasteiger partial charge in [0.25, 0.3) is 0 Å². The average Bonchev–Trinajstić information content (AvgIpc) is 2.01. The lowest BCUT2D eigenvalue weighted by Crippen LogP contribution is -1.68. The summed E-state index contributed by atoms with van der Waals surface area (Å²) in [6.45, 7) is 0. The molecule has 1 rings (SSSR count). The molecule has 0 aromatic heterocycles. The molecule has 1 aliphatic carbocycles. The van der Waals surface area contributed by atoms with Gasteiger partial charge < -0.3 is 0 Å². The molecule has 0 spiro atoms. The van der Waals surface area contributed by atoms with E-state index >= 15 is 0 Å². The first-order valence-electron chi connectivity index (χ1n) is 3.95. The second kappa shape index (κ2) is 5.04. The molecule has 0 unspecified atom stereocenters. The molecule has 0 amide bonds. The van der Waals surface area contributed by atoms with Gasteiger partial charge in [-0.1, -0.05) is 36.5 Å². The predicted molar refractivity (Wildman–Crippen MR) is 45.9 cm³/mol. The first kappa shape index (κ1) is 7.33. The van der Waals surface area contributed by atoms with Crippen molar-refractivity contribution < 1.29 is 0 Å². The molecule has 0 saturated heterocycles. The van der Waals surface area contributed by atoms with E-state index in [0.29, 0.717) is 0 Å². The fourth-order valence-electron chi connectivity index (χ4n) is 0.970. The Labute approximate surface area is 62.9 Å². The van der Waals surface area contributed by atoms with Crippen molar-refractivity contribution in [2.24, 2.45) is 0 Å². The van der Waals surface area contributed by atoms with Crippen molar-refractivity contribution in [2.45, 2.75) is 25.7 Å². The van der Waals surface area contributed by atoms with Gasteiger partial charge in [0.15, 0.2) is 0 Å². The Hall–Kier alpha value is -0.780. The van der Waals surface area contributed by atoms with Gasteiger partial charge in [-0.15, -0.1) is 0 Å². The Morgan fingerprint density at radius 1 is 0.500 bits per heavy atom. The van der Waals surface area contributed by atoms with Crippen molar-refractivity contribution in [3.8, 4) is 0 Å². The summed E-state index contributed by atoms with van der Waals surface area (Å²) in [4.78, 5) is 0. The van der Waals surface area contributed by atoms with E-state index in [-0.39, 0.29) is 0 Å². The molecule has 0 atom stereocenters. The molecular formula is C10H14. The number of rotatable bonds is 0. The van der Waals surface area contributed by atoms with Crippen LogP contribution in [-0.4, -0.2) is 0 Å². The largest absolute Gasteiger partial charge is 0.0879 e. The summed E-state index contributed by atoms with van der Waals surface area (Å²) in [5.74, 6) is 0. The highest BCUT2D eigenvalue weighted by Gasteiger charge is 1.79. The first-order chi connectivity index (χ1) is 5.00. The number of hydrogen-bond donors (Lipinski definition) is 0. The summed E-state index contributed by atoms with van der Waals surface area (Å²) in [7, 11) is 0. The average molecular weight is 134 g/mol. The maximum absolute atomic E-state index is 2.25. The Kier molecular flexibility index (Phi) is 3.69. The third-order valence-corrected chi connectivity index (χ3v) is 1.54. The summed E-state index contributed by atoms with van der Waals surface area (Å²) < 4.78 is 0. The lowest BCUT2D eigenvalue weighted by Gasteiger charge is -1.89. The fraction of sp³-hybridized carbons (Fsp3) is 0.400. The van der Waals surface area contributed by atoms with E-state index in [1.54, 1.807) is 0 Å². The fourth-order valence-corrected chi connectivity index (χ4v) is 0.970. The minimum absolute atomic E-state index is 1.10. The van der Waals surface area contributed by atoms with Crippen molar-refractivity contribution >= 4 is 0 Å². The second-order valence-electron chi connectivity index (χ2n) is 2.46. The van der Waals surface area contributed by atoms with Crippen LogP contribution in [0.1, 0.15) is 25.7 Å². The molecule has 0 heterocycles. The normalized spacial score (nSPS) is 22.4. The number of hydrogen-bond acceptors (Lipinski definition) is 0. The third-order valence-electron chi connectivity index (χ3n) is 1.54. The Morgan fingerprint density at radius 2 is 0.900 bits per heavy atom. The van der Waals surface area contributed by atoms with Gasteiger partial charge in [-0.25, -0.2) is 0 Å². The molecule has 1 aliphatic rings. The Bertz CT molecular complexity index is 131. The molecular weight excluding hydrogens is 120 g/mol. The monoisotopic (exact) mass is 134 g/mol. The summed E-state index contributed by atoms with van der Waals surface area (Å²) in [6, 6.07) is 0. The van der Waals surface area contributed by atoms with E-state index in [1.165, 1.54) is 12.8 Å². The molecule has 0 fully saturated rings. The minimum Gasteiger partial charge on any atom is -0.0879 e. The molecule has 0 nitrogen and oxygen atoms in total. The summed E-state index contributed by atoms with van der Waals surface area (Å²) in [5, 5.41) is 0. The van der Waals surface area contributed by atoms with Crippen LogP contribution in [0, 0.1) is 0 Å². The van der Waals surface area contributed by atoms with E-state index in [4.69, 9.17) is 0 Å². The molecule has 10 heavy (non-hydrogen) atoms. The van der Waals surface area contributed by atoms with Crippen LogP contribution < -0.4 is 0 Å². The summed E-state index contributed by atoms with van der Waals surface area (Å²) in [6.07, 6.45) is 18.0. The van der Waals surface area contributed by atoms with E-state index in [1.807, 2.05) is 0 Å². The van der Waals surface area contributed by atoms with Gasteiger partial charge >= 0.3 is 0 Å². The maximum Gasteiger partial charge on any atom is -0.0169 e. The zero-order chi connectivity index (χ0) is 7.07. The molecule has 54 valence electrons. The molecule has 0 aromatic rings. The van der Waals surface area contributed by atoms with Crippen molar-refractivity contribution in [3.05, 3.63) is 36.5 Å². The highest BCUT2D eigenvalue weighted by molar-refractivity contribution is 4.99. The van der Waals surface area contributed by atoms with Gasteiger partial charge in [-0.2, -0.15) is 0 Å². The van der Waals surface area contributed by atoms with Gasteiger partial charge in [0, 0.05) is 0 Å². The highest BCUT2D eigenvalue weighted by Crippen LogP contribution is 1.99. The molecule has 0 heteroatoms. The minimum atomic E-state index is 1.10. The standard InChI is InChI=1S/C10H14/c1-2-4-6-8-10-9-7-5-3-1/h1-2,5-8H,3-4,9-10H2/b2-1?,7-5+,8-6?. The van der Waals surface area contributed by atoms with Crippen LogP contribution in [0.25, 0.3) is 0 Å². The molecule has 0 radical (unpaired) electrons. The smallest absolute Gasteiger partial charge is 0.0169 e. The Balaban J connectivity index is 2.38. The third kappa shape index (κ3) is 3.29. The zero-order valence-corrected chi connectivity index (χ0v) is 6.29. The second-order valence-corrected chi connectivity index (χ2v) is 2.46. The van der Waals surface area contributed by atoms with E-state index in [0.717, 1.165) is 12.8 Å². The van der Waals surface area contributed by atoms with E-state index in [9.17, 15) is 0 Å². The van der Waals surface area contributed by atoms with Crippen LogP contribution in [0.2, 0.25) is 0 Å². The highest BCUT2D eigenvalue weighted by atomic mass is 13.9. The molecule has 0 bridgehead atoms. The van der Waals surface area contributed by atoms with Crippen LogP contribution in [0.4, 0.5) is 0 Å². The number of allylic oxidation sites excluding steroid dienone is 6. The Morgan fingerprint density at radius 3 is 1.40 bits per heavy atom. The van der Waals surface area contributed by atoms with E-state index < -0.39 is 0 Å². The van der Waals surface area contributed by atoms with Crippen LogP contribution in [0.5, 0.6) is 0 Å². The molecule has 0 aromatic carbocycles. The quantitative estimate of drug-likeness (QED) is 0.446. The van der Waals surface area contributed by atoms with Crippen molar-refractivity contribution in [1.82, 2.24) is 0 Å². The van der Waals surface area contributed by atoms with E-state index in [2.05, 4.69) is 36.5 Å². The lowest BCUT2D eigenvalue weighted by molar-refractivity contribution is 1.03. The van der Waals surface area contributed by atoms with Gasteiger partial charge in [-0.3, -0.25) is 0 Å². The van der Waals surface area contributed by atoms with Crippen LogP contribution in [0.15, 0.2) is 36.5 Å². The van der Waals surface area contributed by atoms with Crippen molar-refractivity contribution in [1.29, 1.82) is 0 Å². The van der Waals surface area contributed by atoms with Gasteiger partial charge in [0.2, 0.25) is 0 Å². The lowest BCUT2D eigenvalue weighted by atomic mass is 10.2. The van der Waals surface area contributed by atoms with Crippen LogP contribution >= 0.6 is 0 Å². The topological polar surface area (TPSA) is 0 Å². The van der Waals surface area contributed by atoms with Crippen LogP contribution in [-0.2, 0) is 0 Å².